The van der Waals surface area contributed by atoms with Crippen LogP contribution in [0, 0.1) is 10.1 Å². The number of nitrogens with zero attached hydrogens (tertiary/aromatic N) is 1. The van der Waals surface area contributed by atoms with Crippen LogP contribution in [-0.2, 0) is 4.74 Å². The molecule has 20 heavy (non-hydrogen) atoms. The van der Waals surface area contributed by atoms with Crippen LogP contribution in [0.2, 0.25) is 5.02 Å². The third kappa shape index (κ3) is 2.23. The predicted molar refractivity (Wildman–Crippen MR) is 72.2 cm³/mol. The number of H-pyrrole nitrogens is 1. The molecule has 0 aliphatic heterocycles. The molecule has 1 heterocycles. The van der Waals surface area contributed by atoms with Crippen molar-refractivity contribution < 1.29 is 14.5 Å². The summed E-state index contributed by atoms with van der Waals surface area (Å²) in [6.07, 6.45) is 0. The third-order valence-electron chi connectivity index (χ3n) is 2.64. The molecule has 0 aliphatic rings. The van der Waals surface area contributed by atoms with E-state index in [1.54, 1.807) is 6.92 Å². The van der Waals surface area contributed by atoms with Gasteiger partial charge in [-0.15, -0.1) is 0 Å². The van der Waals surface area contributed by atoms with Crippen LogP contribution < -0.4 is 5.56 Å². The summed E-state index contributed by atoms with van der Waals surface area (Å²) in [4.78, 5) is 36.1. The van der Waals surface area contributed by atoms with E-state index in [1.807, 2.05) is 0 Å². The Labute approximate surface area is 117 Å². The number of para-hydroxylation sites is 1. The van der Waals surface area contributed by atoms with Gasteiger partial charge in [0, 0.05) is 11.5 Å². The van der Waals surface area contributed by atoms with Crippen molar-refractivity contribution in [3.63, 3.8) is 0 Å². The van der Waals surface area contributed by atoms with E-state index in [0.717, 1.165) is 0 Å². The highest BCUT2D eigenvalue weighted by atomic mass is 35.5. The largest absolute Gasteiger partial charge is 0.462 e. The van der Waals surface area contributed by atoms with Crippen molar-refractivity contribution >= 4 is 34.2 Å². The molecule has 104 valence electrons. The maximum absolute atomic E-state index is 11.9. The Hall–Kier alpha value is -2.41. The first-order valence-electron chi connectivity index (χ1n) is 5.63. The van der Waals surface area contributed by atoms with E-state index in [-0.39, 0.29) is 33.8 Å². The summed E-state index contributed by atoms with van der Waals surface area (Å²) in [6.45, 7) is 1.67. The summed E-state index contributed by atoms with van der Waals surface area (Å²) in [5.74, 6) is -0.868. The van der Waals surface area contributed by atoms with Gasteiger partial charge in [-0.05, 0) is 6.92 Å². The lowest BCUT2D eigenvalue weighted by Gasteiger charge is -2.06. The fourth-order valence-electron chi connectivity index (χ4n) is 1.80. The fourth-order valence-corrected chi connectivity index (χ4v) is 2.12. The summed E-state index contributed by atoms with van der Waals surface area (Å²) in [5.41, 5.74) is -1.51. The van der Waals surface area contributed by atoms with Gasteiger partial charge in [-0.1, -0.05) is 23.7 Å². The first kappa shape index (κ1) is 14.0. The number of aromatic nitrogens is 1. The highest BCUT2D eigenvalue weighted by molar-refractivity contribution is 6.38. The quantitative estimate of drug-likeness (QED) is 0.531. The molecule has 0 amide bonds. The number of non-ortho nitro benzene ring substituents is 1. The number of nitro benzene ring substituents is 1. The Balaban J connectivity index is 2.81. The zero-order chi connectivity index (χ0) is 14.9. The molecular formula is C12H9ClN2O5. The molecule has 1 aromatic heterocycles. The molecular weight excluding hydrogens is 288 g/mol. The minimum atomic E-state index is -0.868. The van der Waals surface area contributed by atoms with Crippen molar-refractivity contribution in [2.45, 2.75) is 6.92 Å². The van der Waals surface area contributed by atoms with E-state index in [4.69, 9.17) is 16.3 Å². The first-order valence-corrected chi connectivity index (χ1v) is 6.01. The number of esters is 1. The summed E-state index contributed by atoms with van der Waals surface area (Å²) < 4.78 is 4.74. The molecule has 1 N–H and O–H groups in total. The third-order valence-corrected chi connectivity index (χ3v) is 3.03. The standard InChI is InChI=1S/C12H9ClN2O5/c1-2-20-12(17)8-9(13)6-4-3-5-7(15(18)19)10(6)14-11(8)16/h3-5H,2H2,1H3,(H,14,16). The maximum atomic E-state index is 11.9. The van der Waals surface area contributed by atoms with Gasteiger partial charge in [0.1, 0.15) is 11.1 Å². The van der Waals surface area contributed by atoms with Crippen LogP contribution in [0.4, 0.5) is 5.69 Å². The number of ether oxygens (including phenoxy) is 1. The van der Waals surface area contributed by atoms with Gasteiger partial charge in [0.05, 0.1) is 16.6 Å². The SMILES string of the molecule is CCOC(=O)c1c(Cl)c2cccc([N+](=O)[O-])c2[nH]c1=O. The van der Waals surface area contributed by atoms with Crippen LogP contribution in [0.1, 0.15) is 17.3 Å². The van der Waals surface area contributed by atoms with E-state index in [2.05, 4.69) is 4.98 Å². The highest BCUT2D eigenvalue weighted by Crippen LogP contribution is 2.29. The molecule has 0 bridgehead atoms. The van der Waals surface area contributed by atoms with Crippen LogP contribution >= 0.6 is 11.6 Å². The van der Waals surface area contributed by atoms with E-state index < -0.39 is 16.5 Å². The first-order chi connectivity index (χ1) is 9.47. The molecule has 0 radical (unpaired) electrons. The van der Waals surface area contributed by atoms with Crippen molar-refractivity contribution in [2.24, 2.45) is 0 Å². The van der Waals surface area contributed by atoms with E-state index in [9.17, 15) is 19.7 Å². The van der Waals surface area contributed by atoms with Gasteiger partial charge in [0.15, 0.2) is 0 Å². The van der Waals surface area contributed by atoms with Gasteiger partial charge in [0.25, 0.3) is 11.2 Å². The lowest BCUT2D eigenvalue weighted by atomic mass is 10.1. The highest BCUT2D eigenvalue weighted by Gasteiger charge is 2.22. The number of nitro groups is 1. The number of rotatable bonds is 3. The van der Waals surface area contributed by atoms with Crippen LogP contribution in [0.25, 0.3) is 10.9 Å². The molecule has 7 nitrogen and oxygen atoms in total. The molecule has 2 aromatic rings. The Kier molecular flexibility index (Phi) is 3.71. The summed E-state index contributed by atoms with van der Waals surface area (Å²) in [6, 6.07) is 4.13. The van der Waals surface area contributed by atoms with E-state index in [1.165, 1.54) is 18.2 Å². The number of aromatic amines is 1. The number of halogens is 1. The van der Waals surface area contributed by atoms with Crippen LogP contribution in [0.3, 0.4) is 0 Å². The average Bonchev–Trinajstić information content (AvgIpc) is 2.38. The number of benzene rings is 1. The van der Waals surface area contributed by atoms with E-state index in [0.29, 0.717) is 0 Å². The predicted octanol–water partition coefficient (Wildman–Crippen LogP) is 2.27. The molecule has 0 aliphatic carbocycles. The van der Waals surface area contributed by atoms with Crippen molar-refractivity contribution in [2.75, 3.05) is 6.61 Å². The Morgan fingerprint density at radius 1 is 1.50 bits per heavy atom. The molecule has 2 rings (SSSR count). The molecule has 0 saturated heterocycles. The number of fused-ring (bicyclic) bond motifs is 1. The number of carbonyl (C=O) groups is 1. The number of pyridine rings is 1. The van der Waals surface area contributed by atoms with Crippen LogP contribution in [0.15, 0.2) is 23.0 Å². The van der Waals surface area contributed by atoms with Gasteiger partial charge in [0.2, 0.25) is 0 Å². The Bertz CT molecular complexity index is 768. The van der Waals surface area contributed by atoms with Crippen LogP contribution in [-0.4, -0.2) is 22.5 Å². The average molecular weight is 297 g/mol. The van der Waals surface area contributed by atoms with Gasteiger partial charge >= 0.3 is 5.97 Å². The number of carbonyl (C=O) groups excluding carboxylic acids is 1. The normalized spacial score (nSPS) is 10.5. The number of hydrogen-bond acceptors (Lipinski definition) is 5. The zero-order valence-corrected chi connectivity index (χ0v) is 11.1. The summed E-state index contributed by atoms with van der Waals surface area (Å²) >= 11 is 6.01. The molecule has 0 atom stereocenters. The summed E-state index contributed by atoms with van der Waals surface area (Å²) in [5, 5.41) is 11.0. The summed E-state index contributed by atoms with van der Waals surface area (Å²) in [7, 11) is 0. The second-order valence-electron chi connectivity index (χ2n) is 3.82. The van der Waals surface area contributed by atoms with Crippen molar-refractivity contribution in [3.05, 3.63) is 49.3 Å². The van der Waals surface area contributed by atoms with Crippen molar-refractivity contribution in [3.8, 4) is 0 Å². The van der Waals surface area contributed by atoms with Crippen molar-refractivity contribution in [1.29, 1.82) is 0 Å². The molecule has 0 saturated carbocycles. The van der Waals surface area contributed by atoms with E-state index >= 15 is 0 Å². The zero-order valence-electron chi connectivity index (χ0n) is 10.3. The molecule has 8 heteroatoms. The Morgan fingerprint density at radius 3 is 2.80 bits per heavy atom. The monoisotopic (exact) mass is 296 g/mol. The fraction of sp³-hybridized carbons (Fsp3) is 0.167. The molecule has 0 unspecified atom stereocenters. The van der Waals surface area contributed by atoms with Crippen molar-refractivity contribution in [1.82, 2.24) is 4.98 Å². The lowest BCUT2D eigenvalue weighted by molar-refractivity contribution is -0.383. The van der Waals surface area contributed by atoms with Gasteiger partial charge in [-0.25, -0.2) is 4.79 Å². The second kappa shape index (κ2) is 5.30. The maximum Gasteiger partial charge on any atom is 0.345 e. The smallest absolute Gasteiger partial charge is 0.345 e. The topological polar surface area (TPSA) is 102 Å². The van der Waals surface area contributed by atoms with Gasteiger partial charge < -0.3 is 9.72 Å². The Morgan fingerprint density at radius 2 is 2.20 bits per heavy atom. The molecule has 1 aromatic carbocycles. The minimum Gasteiger partial charge on any atom is -0.462 e. The molecule has 0 spiro atoms. The van der Waals surface area contributed by atoms with Gasteiger partial charge in [-0.3, -0.25) is 14.9 Å². The minimum absolute atomic E-state index is 0.0273. The number of hydrogen-bond donors (Lipinski definition) is 1. The lowest BCUT2D eigenvalue weighted by Crippen LogP contribution is -2.21. The van der Waals surface area contributed by atoms with Gasteiger partial charge in [-0.2, -0.15) is 0 Å². The van der Waals surface area contributed by atoms with Crippen LogP contribution in [0.5, 0.6) is 0 Å². The molecule has 0 fully saturated rings. The number of nitrogens with one attached hydrogen (secondary N) is 1. The second-order valence-corrected chi connectivity index (χ2v) is 4.20.